The second-order valence-electron chi connectivity index (χ2n) is 9.68. The first-order valence-corrected chi connectivity index (χ1v) is 11.3. The van der Waals surface area contributed by atoms with Crippen LogP contribution in [0.25, 0.3) is 0 Å². The van der Waals surface area contributed by atoms with Crippen LogP contribution in [0.15, 0.2) is 42.5 Å². The van der Waals surface area contributed by atoms with Crippen LogP contribution in [-0.2, 0) is 24.3 Å². The summed E-state index contributed by atoms with van der Waals surface area (Å²) in [6.45, 7) is 10.2. The molecule has 0 radical (unpaired) electrons. The number of hydrogen-bond acceptors (Lipinski definition) is 3. The Kier molecular flexibility index (Phi) is 4.85. The molecule has 1 fully saturated rings. The molecule has 0 spiro atoms. The van der Waals surface area contributed by atoms with Crippen LogP contribution in [0.5, 0.6) is 5.75 Å². The summed E-state index contributed by atoms with van der Waals surface area (Å²) in [5.41, 5.74) is 4.92. The third kappa shape index (κ3) is 3.22. The molecule has 2 unspecified atom stereocenters. The molecule has 0 aromatic heterocycles. The molecule has 2 atom stereocenters. The van der Waals surface area contributed by atoms with Crippen molar-refractivity contribution in [3.8, 4) is 5.75 Å². The molecule has 1 saturated heterocycles. The number of benzene rings is 2. The van der Waals surface area contributed by atoms with Gasteiger partial charge in [-0.2, -0.15) is 0 Å². The van der Waals surface area contributed by atoms with Crippen molar-refractivity contribution in [1.82, 2.24) is 9.80 Å². The SMILES string of the molecule is Cc1ccc2c(c1)CN1C(=O)C(CCN3CCc4ccccc4C3)(C(C)C)CC1O2. The summed E-state index contributed by atoms with van der Waals surface area (Å²) in [4.78, 5) is 18.2. The van der Waals surface area contributed by atoms with E-state index in [2.05, 4.69) is 68.1 Å². The maximum Gasteiger partial charge on any atom is 0.232 e. The van der Waals surface area contributed by atoms with Crippen molar-refractivity contribution in [1.29, 1.82) is 0 Å². The third-order valence-electron chi connectivity index (χ3n) is 7.58. The largest absolute Gasteiger partial charge is 0.470 e. The second kappa shape index (κ2) is 7.42. The number of hydrogen-bond donors (Lipinski definition) is 0. The van der Waals surface area contributed by atoms with Crippen molar-refractivity contribution in [2.75, 3.05) is 13.1 Å². The summed E-state index contributed by atoms with van der Waals surface area (Å²) in [5.74, 6) is 1.52. The average molecular weight is 405 g/mol. The summed E-state index contributed by atoms with van der Waals surface area (Å²) in [5, 5.41) is 0. The highest BCUT2D eigenvalue weighted by atomic mass is 16.5. The molecule has 5 rings (SSSR count). The zero-order chi connectivity index (χ0) is 20.9. The minimum absolute atomic E-state index is 0.128. The molecule has 0 aliphatic carbocycles. The van der Waals surface area contributed by atoms with Gasteiger partial charge in [0.15, 0.2) is 6.23 Å². The minimum atomic E-state index is -0.335. The van der Waals surface area contributed by atoms with Crippen molar-refractivity contribution in [3.05, 3.63) is 64.7 Å². The van der Waals surface area contributed by atoms with E-state index >= 15 is 0 Å². The fourth-order valence-corrected chi connectivity index (χ4v) is 5.56. The lowest BCUT2D eigenvalue weighted by Gasteiger charge is -2.35. The van der Waals surface area contributed by atoms with Crippen LogP contribution in [0.4, 0.5) is 0 Å². The average Bonchev–Trinajstić information content (AvgIpc) is 3.02. The van der Waals surface area contributed by atoms with Crippen LogP contribution >= 0.6 is 0 Å². The normalized spacial score (nSPS) is 25.7. The molecule has 1 amide bonds. The van der Waals surface area contributed by atoms with E-state index < -0.39 is 0 Å². The van der Waals surface area contributed by atoms with Crippen LogP contribution in [0.1, 0.15) is 48.9 Å². The highest BCUT2D eigenvalue weighted by Gasteiger charge is 2.55. The summed E-state index contributed by atoms with van der Waals surface area (Å²) in [6, 6.07) is 15.1. The fourth-order valence-electron chi connectivity index (χ4n) is 5.56. The third-order valence-corrected chi connectivity index (χ3v) is 7.58. The Bertz CT molecular complexity index is 969. The van der Waals surface area contributed by atoms with Crippen LogP contribution in [-0.4, -0.2) is 35.0 Å². The van der Waals surface area contributed by atoms with Gasteiger partial charge in [0.2, 0.25) is 5.91 Å². The summed E-state index contributed by atoms with van der Waals surface area (Å²) in [7, 11) is 0. The summed E-state index contributed by atoms with van der Waals surface area (Å²) in [6.07, 6.45) is 2.67. The van der Waals surface area contributed by atoms with Crippen molar-refractivity contribution in [2.24, 2.45) is 11.3 Å². The van der Waals surface area contributed by atoms with Gasteiger partial charge in [-0.3, -0.25) is 9.69 Å². The number of aryl methyl sites for hydroxylation is 1. The van der Waals surface area contributed by atoms with Crippen LogP contribution in [0.3, 0.4) is 0 Å². The Hall–Kier alpha value is -2.33. The summed E-state index contributed by atoms with van der Waals surface area (Å²) < 4.78 is 6.32. The van der Waals surface area contributed by atoms with E-state index in [1.807, 2.05) is 4.90 Å². The van der Waals surface area contributed by atoms with Crippen LogP contribution < -0.4 is 4.74 Å². The van der Waals surface area contributed by atoms with Gasteiger partial charge in [-0.05, 0) is 49.4 Å². The molecule has 3 aliphatic rings. The predicted molar refractivity (Wildman–Crippen MR) is 118 cm³/mol. The van der Waals surface area contributed by atoms with Gasteiger partial charge in [-0.15, -0.1) is 0 Å². The Labute approximate surface area is 179 Å². The highest BCUT2D eigenvalue weighted by molar-refractivity contribution is 5.86. The van der Waals surface area contributed by atoms with E-state index in [1.165, 1.54) is 16.7 Å². The van der Waals surface area contributed by atoms with E-state index in [9.17, 15) is 4.79 Å². The highest BCUT2D eigenvalue weighted by Crippen LogP contribution is 2.48. The zero-order valence-corrected chi connectivity index (χ0v) is 18.4. The van der Waals surface area contributed by atoms with Crippen LogP contribution in [0, 0.1) is 18.3 Å². The zero-order valence-electron chi connectivity index (χ0n) is 18.4. The van der Waals surface area contributed by atoms with Crippen LogP contribution in [0.2, 0.25) is 0 Å². The quantitative estimate of drug-likeness (QED) is 0.750. The number of rotatable bonds is 4. The number of carbonyl (C=O) groups excluding carboxylic acids is 1. The lowest BCUT2D eigenvalue weighted by Crippen LogP contribution is -2.43. The molecule has 0 bridgehead atoms. The molecular formula is C26H32N2O2. The first kappa shape index (κ1) is 19.6. The molecule has 3 aliphatic heterocycles. The van der Waals surface area contributed by atoms with Gasteiger partial charge in [-0.1, -0.05) is 55.8 Å². The van der Waals surface area contributed by atoms with Crippen molar-refractivity contribution in [2.45, 2.75) is 59.4 Å². The molecule has 0 N–H and O–H groups in total. The van der Waals surface area contributed by atoms with E-state index in [0.29, 0.717) is 12.5 Å². The molecule has 3 heterocycles. The lowest BCUT2D eigenvalue weighted by atomic mass is 9.72. The fraction of sp³-hybridized carbons (Fsp3) is 0.500. The standard InChI is InChI=1S/C26H32N2O2/c1-18(2)26(11-13-27-12-10-20-6-4-5-7-21(20)16-27)15-24-28(25(26)29)17-22-14-19(3)8-9-23(22)30-24/h4-9,14,18,24H,10-13,15-17H2,1-3H3. The number of fused-ring (bicyclic) bond motifs is 3. The van der Waals surface area contributed by atoms with Gasteiger partial charge >= 0.3 is 0 Å². The van der Waals surface area contributed by atoms with Gasteiger partial charge in [0.1, 0.15) is 5.75 Å². The molecule has 2 aromatic carbocycles. The van der Waals surface area contributed by atoms with E-state index in [-0.39, 0.29) is 17.6 Å². The number of carbonyl (C=O) groups is 1. The van der Waals surface area contributed by atoms with Gasteiger partial charge in [0, 0.05) is 25.1 Å². The first-order valence-electron chi connectivity index (χ1n) is 11.3. The van der Waals surface area contributed by atoms with E-state index in [1.54, 1.807) is 0 Å². The van der Waals surface area contributed by atoms with Crippen molar-refractivity contribution < 1.29 is 9.53 Å². The molecular weight excluding hydrogens is 372 g/mol. The van der Waals surface area contributed by atoms with Gasteiger partial charge in [0.05, 0.1) is 12.0 Å². The molecule has 158 valence electrons. The number of nitrogens with zero attached hydrogens (tertiary/aromatic N) is 2. The van der Waals surface area contributed by atoms with Crippen molar-refractivity contribution in [3.63, 3.8) is 0 Å². The Morgan fingerprint density at radius 1 is 1.10 bits per heavy atom. The van der Waals surface area contributed by atoms with E-state index in [0.717, 1.165) is 50.2 Å². The van der Waals surface area contributed by atoms with Crippen molar-refractivity contribution >= 4 is 5.91 Å². The maximum absolute atomic E-state index is 13.7. The molecule has 0 saturated carbocycles. The molecule has 30 heavy (non-hydrogen) atoms. The molecule has 4 heteroatoms. The predicted octanol–water partition coefficient (Wildman–Crippen LogP) is 4.54. The first-order chi connectivity index (χ1) is 14.5. The Morgan fingerprint density at radius 3 is 2.70 bits per heavy atom. The number of ether oxygens (including phenoxy) is 1. The topological polar surface area (TPSA) is 32.8 Å². The Morgan fingerprint density at radius 2 is 1.90 bits per heavy atom. The van der Waals surface area contributed by atoms with Gasteiger partial charge < -0.3 is 9.64 Å². The number of amides is 1. The molecule has 4 nitrogen and oxygen atoms in total. The monoisotopic (exact) mass is 404 g/mol. The smallest absolute Gasteiger partial charge is 0.232 e. The second-order valence-corrected chi connectivity index (χ2v) is 9.68. The summed E-state index contributed by atoms with van der Waals surface area (Å²) >= 11 is 0. The Balaban J connectivity index is 1.33. The van der Waals surface area contributed by atoms with E-state index in [4.69, 9.17) is 4.74 Å². The van der Waals surface area contributed by atoms with Gasteiger partial charge in [-0.25, -0.2) is 0 Å². The van der Waals surface area contributed by atoms with Gasteiger partial charge in [0.25, 0.3) is 0 Å². The minimum Gasteiger partial charge on any atom is -0.470 e. The maximum atomic E-state index is 13.7. The lowest BCUT2D eigenvalue weighted by molar-refractivity contribution is -0.142. The molecule has 2 aromatic rings.